The number of rotatable bonds is 2. The molecule has 2 rings (SSSR count). The largest absolute Gasteiger partial charge is 0.381 e. The summed E-state index contributed by atoms with van der Waals surface area (Å²) >= 11 is 15.8. The molecule has 0 saturated carbocycles. The lowest BCUT2D eigenvalue weighted by atomic mass is 9.98. The summed E-state index contributed by atoms with van der Waals surface area (Å²) in [6, 6.07) is 5.56. The molecule has 0 amide bonds. The quantitative estimate of drug-likeness (QED) is 0.733. The normalized spacial score (nSPS) is 23.0. The molecule has 1 aliphatic heterocycles. The molecule has 0 spiro atoms. The molecule has 1 heterocycles. The topological polar surface area (TPSA) is 9.23 Å². The fourth-order valence-corrected chi connectivity index (χ4v) is 3.11. The van der Waals surface area contributed by atoms with Crippen molar-refractivity contribution in [2.45, 2.75) is 11.2 Å². The van der Waals surface area contributed by atoms with Crippen LogP contribution in [0, 0.1) is 5.92 Å². The van der Waals surface area contributed by atoms with Crippen molar-refractivity contribution in [1.82, 2.24) is 0 Å². The Bertz CT molecular complexity index is 350. The zero-order valence-electron chi connectivity index (χ0n) is 8.05. The Labute approximate surface area is 108 Å². The monoisotopic (exact) mass is 308 g/mol. The molecule has 2 unspecified atom stereocenters. The van der Waals surface area contributed by atoms with Gasteiger partial charge >= 0.3 is 0 Å². The van der Waals surface area contributed by atoms with Crippen molar-refractivity contribution < 1.29 is 4.74 Å². The molecule has 0 aliphatic carbocycles. The van der Waals surface area contributed by atoms with E-state index in [-0.39, 0.29) is 4.83 Å². The fraction of sp³-hybridized carbons (Fsp3) is 0.455. The Morgan fingerprint density at radius 1 is 1.40 bits per heavy atom. The highest BCUT2D eigenvalue weighted by atomic mass is 79.9. The smallest absolute Gasteiger partial charge is 0.0509 e. The molecule has 0 bridgehead atoms. The maximum Gasteiger partial charge on any atom is 0.0509 e. The molecule has 1 aliphatic rings. The van der Waals surface area contributed by atoms with Crippen LogP contribution in [0.25, 0.3) is 0 Å². The first-order valence-electron chi connectivity index (χ1n) is 4.85. The summed E-state index contributed by atoms with van der Waals surface area (Å²) in [5.41, 5.74) is 1.06. The molecule has 15 heavy (non-hydrogen) atoms. The van der Waals surface area contributed by atoms with Gasteiger partial charge < -0.3 is 4.74 Å². The van der Waals surface area contributed by atoms with E-state index in [1.165, 1.54) is 0 Å². The summed E-state index contributed by atoms with van der Waals surface area (Å²) in [6.45, 7) is 1.63. The van der Waals surface area contributed by atoms with Crippen molar-refractivity contribution in [2.24, 2.45) is 5.92 Å². The van der Waals surface area contributed by atoms with Crippen molar-refractivity contribution in [1.29, 1.82) is 0 Å². The molecule has 82 valence electrons. The van der Waals surface area contributed by atoms with Crippen LogP contribution in [-0.4, -0.2) is 13.2 Å². The van der Waals surface area contributed by atoms with Gasteiger partial charge in [-0.15, -0.1) is 0 Å². The van der Waals surface area contributed by atoms with E-state index in [1.807, 2.05) is 12.1 Å². The van der Waals surface area contributed by atoms with Crippen LogP contribution >= 0.6 is 39.1 Å². The Kier molecular flexibility index (Phi) is 3.94. The third-order valence-electron chi connectivity index (χ3n) is 2.63. The third-order valence-corrected chi connectivity index (χ3v) is 4.45. The highest BCUT2D eigenvalue weighted by Gasteiger charge is 2.26. The van der Waals surface area contributed by atoms with Gasteiger partial charge in [-0.2, -0.15) is 0 Å². The number of ether oxygens (including phenoxy) is 1. The maximum absolute atomic E-state index is 6.14. The van der Waals surface area contributed by atoms with Crippen LogP contribution in [0.3, 0.4) is 0 Å². The minimum atomic E-state index is 0.228. The van der Waals surface area contributed by atoms with Gasteiger partial charge in [0.25, 0.3) is 0 Å². The van der Waals surface area contributed by atoms with E-state index in [1.54, 1.807) is 6.07 Å². The predicted octanol–water partition coefficient (Wildman–Crippen LogP) is 4.47. The first kappa shape index (κ1) is 11.7. The first-order chi connectivity index (χ1) is 7.18. The number of hydrogen-bond acceptors (Lipinski definition) is 1. The Morgan fingerprint density at radius 3 is 2.87 bits per heavy atom. The standard InChI is InChI=1S/C11H11BrCl2O/c12-11(7-3-4-15-6-7)9-5-8(13)1-2-10(9)14/h1-2,5,7,11H,3-4,6H2. The van der Waals surface area contributed by atoms with E-state index in [2.05, 4.69) is 15.9 Å². The van der Waals surface area contributed by atoms with E-state index < -0.39 is 0 Å². The van der Waals surface area contributed by atoms with Gasteiger partial charge in [-0.3, -0.25) is 0 Å². The number of hydrogen-bond donors (Lipinski definition) is 0. The molecular weight excluding hydrogens is 299 g/mol. The van der Waals surface area contributed by atoms with Gasteiger partial charge in [0, 0.05) is 27.4 Å². The van der Waals surface area contributed by atoms with E-state index >= 15 is 0 Å². The Morgan fingerprint density at radius 2 is 2.20 bits per heavy atom. The van der Waals surface area contributed by atoms with Gasteiger partial charge in [-0.1, -0.05) is 39.1 Å². The third kappa shape index (κ3) is 2.68. The molecule has 2 atom stereocenters. The second-order valence-electron chi connectivity index (χ2n) is 3.69. The lowest BCUT2D eigenvalue weighted by Gasteiger charge is -2.17. The zero-order chi connectivity index (χ0) is 10.8. The summed E-state index contributed by atoms with van der Waals surface area (Å²) in [4.78, 5) is 0.228. The van der Waals surface area contributed by atoms with Crippen LogP contribution in [0.2, 0.25) is 10.0 Å². The van der Waals surface area contributed by atoms with Gasteiger partial charge in [0.05, 0.1) is 6.61 Å². The van der Waals surface area contributed by atoms with Crippen molar-refractivity contribution >= 4 is 39.1 Å². The van der Waals surface area contributed by atoms with Gasteiger partial charge in [0.1, 0.15) is 0 Å². The number of alkyl halides is 1. The summed E-state index contributed by atoms with van der Waals surface area (Å²) in [5.74, 6) is 0.487. The van der Waals surface area contributed by atoms with Crippen molar-refractivity contribution in [3.63, 3.8) is 0 Å². The maximum atomic E-state index is 6.14. The van der Waals surface area contributed by atoms with Crippen molar-refractivity contribution in [3.05, 3.63) is 33.8 Å². The van der Waals surface area contributed by atoms with Crippen molar-refractivity contribution in [2.75, 3.05) is 13.2 Å². The average molecular weight is 310 g/mol. The predicted molar refractivity (Wildman–Crippen MR) is 67.1 cm³/mol. The van der Waals surface area contributed by atoms with Crippen LogP contribution in [0.4, 0.5) is 0 Å². The van der Waals surface area contributed by atoms with Crippen LogP contribution in [0.5, 0.6) is 0 Å². The lowest BCUT2D eigenvalue weighted by molar-refractivity contribution is 0.185. The lowest BCUT2D eigenvalue weighted by Crippen LogP contribution is -2.07. The van der Waals surface area contributed by atoms with E-state index in [0.29, 0.717) is 5.92 Å². The van der Waals surface area contributed by atoms with E-state index in [9.17, 15) is 0 Å². The highest BCUT2D eigenvalue weighted by Crippen LogP contribution is 2.40. The molecule has 0 N–H and O–H groups in total. The number of halogens is 3. The molecule has 1 fully saturated rings. The highest BCUT2D eigenvalue weighted by molar-refractivity contribution is 9.09. The average Bonchev–Trinajstić information content (AvgIpc) is 2.74. The van der Waals surface area contributed by atoms with Gasteiger partial charge in [-0.05, 0) is 30.2 Å². The first-order valence-corrected chi connectivity index (χ1v) is 6.52. The SMILES string of the molecule is Clc1ccc(Cl)c(C(Br)C2CCOC2)c1. The second-order valence-corrected chi connectivity index (χ2v) is 5.52. The minimum absolute atomic E-state index is 0.228. The van der Waals surface area contributed by atoms with Gasteiger partial charge in [-0.25, -0.2) is 0 Å². The van der Waals surface area contributed by atoms with E-state index in [0.717, 1.165) is 35.2 Å². The fourth-order valence-electron chi connectivity index (χ4n) is 1.76. The molecule has 1 saturated heterocycles. The Balaban J connectivity index is 2.23. The molecule has 0 aromatic heterocycles. The van der Waals surface area contributed by atoms with Crippen LogP contribution in [0.1, 0.15) is 16.8 Å². The molecule has 4 heteroatoms. The van der Waals surface area contributed by atoms with E-state index in [4.69, 9.17) is 27.9 Å². The summed E-state index contributed by atoms with van der Waals surface area (Å²) in [7, 11) is 0. The molecule has 1 nitrogen and oxygen atoms in total. The molecule has 1 aromatic carbocycles. The molecule has 0 radical (unpaired) electrons. The molecular formula is C11H11BrCl2O. The van der Waals surface area contributed by atoms with Gasteiger partial charge in [0.15, 0.2) is 0 Å². The van der Waals surface area contributed by atoms with Crippen LogP contribution in [0.15, 0.2) is 18.2 Å². The second kappa shape index (κ2) is 5.05. The summed E-state index contributed by atoms with van der Waals surface area (Å²) in [5, 5.41) is 1.48. The van der Waals surface area contributed by atoms with Gasteiger partial charge in [0.2, 0.25) is 0 Å². The minimum Gasteiger partial charge on any atom is -0.381 e. The van der Waals surface area contributed by atoms with Crippen LogP contribution < -0.4 is 0 Å². The summed E-state index contributed by atoms with van der Waals surface area (Å²) in [6.07, 6.45) is 1.07. The Hall–Kier alpha value is 0.240. The number of benzene rings is 1. The van der Waals surface area contributed by atoms with Crippen molar-refractivity contribution in [3.8, 4) is 0 Å². The summed E-state index contributed by atoms with van der Waals surface area (Å²) < 4.78 is 5.36. The van der Waals surface area contributed by atoms with Crippen LogP contribution in [-0.2, 0) is 4.74 Å². The molecule has 1 aromatic rings. The zero-order valence-corrected chi connectivity index (χ0v) is 11.1.